The first-order chi connectivity index (χ1) is 17.2. The van der Waals surface area contributed by atoms with Gasteiger partial charge in [-0.2, -0.15) is 0 Å². The molecule has 0 bridgehead atoms. The van der Waals surface area contributed by atoms with Crippen LogP contribution in [0.1, 0.15) is 34.3 Å². The maximum atomic E-state index is 13.5. The lowest BCUT2D eigenvalue weighted by atomic mass is 9.92. The van der Waals surface area contributed by atoms with Gasteiger partial charge < -0.3 is 15.1 Å². The van der Waals surface area contributed by atoms with Crippen molar-refractivity contribution >= 4 is 32.6 Å². The zero-order chi connectivity index (χ0) is 26.5. The Hall–Kier alpha value is -3.99. The lowest BCUT2D eigenvalue weighted by Gasteiger charge is -2.23. The number of ether oxygens (including phenoxy) is 1. The minimum absolute atomic E-state index is 0.00966. The number of methoxy groups -OCH3 is 1. The molecule has 4 rings (SSSR count). The second kappa shape index (κ2) is 11.2. The van der Waals surface area contributed by atoms with Crippen LogP contribution in [-0.4, -0.2) is 43.8 Å². The minimum atomic E-state index is -4.06. The van der Waals surface area contributed by atoms with Crippen molar-refractivity contribution in [3.8, 4) is 5.75 Å². The summed E-state index contributed by atoms with van der Waals surface area (Å²) < 4.78 is 33.1. The number of aromatic carboxylic acids is 1. The summed E-state index contributed by atoms with van der Waals surface area (Å²) in [7, 11) is -1.22. The van der Waals surface area contributed by atoms with Crippen LogP contribution in [0.2, 0.25) is 0 Å². The van der Waals surface area contributed by atoms with Gasteiger partial charge in [-0.1, -0.05) is 43.3 Å². The lowest BCUT2D eigenvalue weighted by molar-refractivity contribution is 0.0697. The van der Waals surface area contributed by atoms with Crippen molar-refractivity contribution in [2.75, 3.05) is 18.5 Å². The van der Waals surface area contributed by atoms with E-state index >= 15 is 0 Å². The van der Waals surface area contributed by atoms with Gasteiger partial charge in [0.25, 0.3) is 10.0 Å². The van der Waals surface area contributed by atoms with Gasteiger partial charge in [-0.05, 0) is 47.5 Å². The molecular formula is C26H27N3O6S. The van der Waals surface area contributed by atoms with E-state index < -0.39 is 16.0 Å². The van der Waals surface area contributed by atoms with Crippen LogP contribution in [-0.2, 0) is 10.0 Å². The van der Waals surface area contributed by atoms with Crippen LogP contribution in [0, 0.1) is 0 Å². The van der Waals surface area contributed by atoms with Gasteiger partial charge in [0.2, 0.25) is 0 Å². The van der Waals surface area contributed by atoms with E-state index in [1.54, 1.807) is 18.2 Å². The number of benzene rings is 3. The summed E-state index contributed by atoms with van der Waals surface area (Å²) in [6.45, 7) is 2.04. The van der Waals surface area contributed by atoms with E-state index in [1.165, 1.54) is 32.5 Å². The first kappa shape index (κ1) is 26.6. The molecule has 9 nitrogen and oxygen atoms in total. The van der Waals surface area contributed by atoms with Gasteiger partial charge in [0.05, 0.1) is 23.2 Å². The van der Waals surface area contributed by atoms with Crippen LogP contribution >= 0.6 is 0 Å². The molecule has 4 aromatic rings. The van der Waals surface area contributed by atoms with Crippen LogP contribution in [0.15, 0.2) is 83.9 Å². The molecule has 3 aromatic carbocycles. The zero-order valence-electron chi connectivity index (χ0n) is 20.0. The van der Waals surface area contributed by atoms with Crippen molar-refractivity contribution in [3.05, 3.63) is 95.7 Å². The Morgan fingerprint density at radius 1 is 1.00 bits per heavy atom. The molecule has 188 valence electrons. The molecule has 1 aromatic heterocycles. The number of carboxylic acids is 1. The molecule has 4 N–H and O–H groups in total. The molecular weight excluding hydrogens is 482 g/mol. The molecule has 0 aliphatic rings. The summed E-state index contributed by atoms with van der Waals surface area (Å²) in [6, 6.07) is 21.4. The van der Waals surface area contributed by atoms with Gasteiger partial charge in [-0.3, -0.25) is 9.29 Å². The number of carbonyl (C=O) groups is 1. The normalized spacial score (nSPS) is 11.8. The smallest absolute Gasteiger partial charge is 0.339 e. The van der Waals surface area contributed by atoms with Gasteiger partial charge in [0, 0.05) is 24.5 Å². The van der Waals surface area contributed by atoms with Crippen molar-refractivity contribution in [2.45, 2.75) is 17.7 Å². The van der Waals surface area contributed by atoms with Crippen molar-refractivity contribution in [1.82, 2.24) is 4.98 Å². The number of anilines is 1. The number of nitrogens with zero attached hydrogens (tertiary/aromatic N) is 2. The van der Waals surface area contributed by atoms with Crippen molar-refractivity contribution < 1.29 is 28.3 Å². The molecule has 0 amide bonds. The maximum Gasteiger partial charge on any atom is 0.339 e. The largest absolute Gasteiger partial charge is 0.497 e. The number of nitrogens with two attached hydrogens (primary N) is 1. The van der Waals surface area contributed by atoms with Crippen LogP contribution in [0.3, 0.4) is 0 Å². The van der Waals surface area contributed by atoms with Crippen LogP contribution in [0.5, 0.6) is 5.75 Å². The topological polar surface area (TPSA) is 143 Å². The first-order valence-corrected chi connectivity index (χ1v) is 12.3. The van der Waals surface area contributed by atoms with E-state index in [-0.39, 0.29) is 22.1 Å². The summed E-state index contributed by atoms with van der Waals surface area (Å²) in [5, 5.41) is 16.8. The van der Waals surface area contributed by atoms with Gasteiger partial charge in [-0.15, -0.1) is 0 Å². The molecule has 0 aliphatic carbocycles. The van der Waals surface area contributed by atoms with Gasteiger partial charge in [0.1, 0.15) is 11.3 Å². The summed E-state index contributed by atoms with van der Waals surface area (Å²) in [5.74, 6) is 2.76. The number of hydrogen-bond acceptors (Lipinski definition) is 7. The van der Waals surface area contributed by atoms with E-state index in [0.29, 0.717) is 16.7 Å². The fourth-order valence-corrected chi connectivity index (χ4v) is 5.15. The molecule has 10 heteroatoms. The maximum absolute atomic E-state index is 13.5. The molecule has 0 saturated heterocycles. The third-order valence-corrected chi connectivity index (χ3v) is 7.70. The Balaban J connectivity index is 0.00000176. The third-order valence-electron chi connectivity index (χ3n) is 5.93. The number of carboxylic acid groups (broad SMARTS) is 1. The summed E-state index contributed by atoms with van der Waals surface area (Å²) in [5.41, 5.74) is 2.37. The predicted octanol–water partition coefficient (Wildman–Crippen LogP) is 4.25. The Morgan fingerprint density at radius 3 is 2.22 bits per heavy atom. The Labute approximate surface area is 209 Å². The van der Waals surface area contributed by atoms with Gasteiger partial charge >= 0.3 is 5.97 Å². The van der Waals surface area contributed by atoms with Crippen LogP contribution in [0.4, 0.5) is 5.69 Å². The third kappa shape index (κ3) is 5.15. The molecule has 0 spiro atoms. The zero-order valence-corrected chi connectivity index (χ0v) is 20.8. The molecule has 0 saturated carbocycles. The van der Waals surface area contributed by atoms with Crippen LogP contribution in [0.25, 0.3) is 10.9 Å². The fraction of sp³-hybridized carbons (Fsp3) is 0.154. The highest BCUT2D eigenvalue weighted by molar-refractivity contribution is 7.92. The van der Waals surface area contributed by atoms with E-state index in [0.717, 1.165) is 15.4 Å². The Morgan fingerprint density at radius 2 is 1.64 bits per heavy atom. The summed E-state index contributed by atoms with van der Waals surface area (Å²) in [6.07, 6.45) is 1.19. The average Bonchev–Trinajstić information content (AvgIpc) is 2.92. The van der Waals surface area contributed by atoms with E-state index in [2.05, 4.69) is 10.9 Å². The molecule has 0 fully saturated rings. The van der Waals surface area contributed by atoms with Gasteiger partial charge in [-0.25, -0.2) is 19.1 Å². The van der Waals surface area contributed by atoms with Crippen molar-refractivity contribution in [1.29, 1.82) is 0 Å². The number of hydrogen-bond donors (Lipinski definition) is 3. The monoisotopic (exact) mass is 509 g/mol. The Bertz CT molecular complexity index is 1460. The summed E-state index contributed by atoms with van der Waals surface area (Å²) in [4.78, 5) is 16.4. The molecule has 0 aliphatic heterocycles. The molecule has 0 radical (unpaired) electrons. The molecule has 36 heavy (non-hydrogen) atoms. The molecule has 1 unspecified atom stereocenters. The van der Waals surface area contributed by atoms with E-state index in [1.807, 2.05) is 49.4 Å². The van der Waals surface area contributed by atoms with E-state index in [4.69, 9.17) is 9.94 Å². The quantitative estimate of drug-likeness (QED) is 0.314. The number of fused-ring (bicyclic) bond motifs is 1. The second-order valence-corrected chi connectivity index (χ2v) is 9.85. The predicted molar refractivity (Wildman–Crippen MR) is 137 cm³/mol. The number of pyridine rings is 1. The lowest BCUT2D eigenvalue weighted by Crippen LogP contribution is -2.28. The average molecular weight is 510 g/mol. The van der Waals surface area contributed by atoms with Crippen LogP contribution < -0.4 is 14.9 Å². The number of aromatic nitrogens is 1. The number of sulfonamides is 1. The molecule has 1 atom stereocenters. The highest BCUT2D eigenvalue weighted by Gasteiger charge is 2.28. The summed E-state index contributed by atoms with van der Waals surface area (Å²) >= 11 is 0. The standard InChI is InChI=1S/C26H24N2O5S.H3NO/c1-17(18-7-5-4-6-8-18)19-9-14-24-22(15-19)25(23(16-27-24)26(29)30)28(2)34(31,32)21-12-10-20(33-3)11-13-21;1-2/h4-17H,1-3H3,(H,29,30);2H,1H2. The Kier molecular flexibility index (Phi) is 8.25. The van der Waals surface area contributed by atoms with E-state index in [9.17, 15) is 18.3 Å². The number of rotatable bonds is 7. The minimum Gasteiger partial charge on any atom is -0.497 e. The van der Waals surface area contributed by atoms with Gasteiger partial charge in [0.15, 0.2) is 0 Å². The highest BCUT2D eigenvalue weighted by atomic mass is 32.2. The molecule has 1 heterocycles. The highest BCUT2D eigenvalue weighted by Crippen LogP contribution is 2.35. The van der Waals surface area contributed by atoms with Crippen molar-refractivity contribution in [3.63, 3.8) is 0 Å². The van der Waals surface area contributed by atoms with Crippen molar-refractivity contribution in [2.24, 2.45) is 5.90 Å². The fourth-order valence-electron chi connectivity index (χ4n) is 3.92. The second-order valence-electron chi connectivity index (χ2n) is 7.88. The SMILES string of the molecule is COc1ccc(S(=O)(=O)N(C)c2c(C(=O)O)cnc3ccc(C(C)c4ccccc4)cc23)cc1.NO. The first-order valence-electron chi connectivity index (χ1n) is 10.8.